The molecule has 16 aromatic carbocycles. The second-order valence-electron chi connectivity index (χ2n) is 32.9. The summed E-state index contributed by atoms with van der Waals surface area (Å²) >= 11 is 0. The minimum atomic E-state index is -0.615. The highest BCUT2D eigenvalue weighted by Gasteiger charge is 2.44. The average Bonchev–Trinajstić information content (AvgIpc) is 1.03. The molecule has 0 saturated heterocycles. The first-order chi connectivity index (χ1) is 65.9. The third-order valence-corrected chi connectivity index (χ3v) is 23.3. The maximum Gasteiger partial charge on any atom is 0.252 e. The zero-order chi connectivity index (χ0) is 97.2. The van der Waals surface area contributed by atoms with Gasteiger partial charge >= 0.3 is 0 Å². The van der Waals surface area contributed by atoms with E-state index in [1.54, 1.807) is 21.6 Å². The SMILES string of the molecule is [2H]c1c([2H])c([2H])c(N(Cc2ccc(Cn3c4c([2H])c([2H])c([2H])c([2H])c4c4c([2H])c([2H])c([2H])c([2H])c43)cc2)Cc2cc3c4c(c2)N(CCc2cc(-c5ccccc5)cc(-c5ccccc5)c2)c2cc(-n5c6c([2H])c([2H])c([2H])c([2H])c6c6c([2H])c([2H])c([2H])c([2H])c65)ccc2B4c2ccc(-c4cc(C(C)(C)C)cc(C(C)(C)C)c4)cc2N3CCc2cc(-c3ccccc3)cc(-c3ccccc3)c2)c([2H])c1[2H]. The first kappa shape index (κ1) is 52.9. The van der Waals surface area contributed by atoms with Crippen molar-refractivity contribution in [1.29, 1.82) is 0 Å². The molecule has 0 spiro atoms. The van der Waals surface area contributed by atoms with Crippen molar-refractivity contribution in [3.8, 4) is 61.3 Å². The summed E-state index contributed by atoms with van der Waals surface area (Å²) in [5.74, 6) is 0. The molecule has 20 rings (SSSR count). The third-order valence-electron chi connectivity index (χ3n) is 23.3. The molecule has 117 heavy (non-hydrogen) atoms. The van der Waals surface area contributed by atoms with Gasteiger partial charge in [-0.25, -0.2) is 0 Å². The van der Waals surface area contributed by atoms with E-state index < -0.39 is 134 Å². The maximum absolute atomic E-state index is 9.97. The summed E-state index contributed by atoms with van der Waals surface area (Å²) in [5.41, 5.74) is 21.5. The molecule has 2 aromatic heterocycles. The molecule has 0 atom stereocenters. The lowest BCUT2D eigenvalue weighted by molar-refractivity contribution is 0.569. The quantitative estimate of drug-likeness (QED) is 0.0752. The topological polar surface area (TPSA) is 19.6 Å². The van der Waals surface area contributed by atoms with Crippen LogP contribution in [0.5, 0.6) is 0 Å². The summed E-state index contributed by atoms with van der Waals surface area (Å²) in [6.45, 7) is 13.0. The second-order valence-corrected chi connectivity index (χ2v) is 32.9. The maximum atomic E-state index is 9.97. The van der Waals surface area contributed by atoms with Crippen LogP contribution in [0.2, 0.25) is 0 Å². The number of hydrogen-bond donors (Lipinski definition) is 0. The Balaban J connectivity index is 0.850. The molecule has 5 nitrogen and oxygen atoms in total. The van der Waals surface area contributed by atoms with Gasteiger partial charge < -0.3 is 23.8 Å². The fraction of sp³-hybridized carbons (Fsp3) is 0.135. The second kappa shape index (κ2) is 30.1. The molecule has 4 heterocycles. The molecule has 0 N–H and O–H groups in total. The summed E-state index contributed by atoms with van der Waals surface area (Å²) in [6, 6.07) is 74.8. The van der Waals surface area contributed by atoms with Gasteiger partial charge in [0.15, 0.2) is 0 Å². The summed E-state index contributed by atoms with van der Waals surface area (Å²) in [4.78, 5) is 6.51. The van der Waals surface area contributed by atoms with Crippen molar-refractivity contribution in [3.63, 3.8) is 0 Å². The highest BCUT2D eigenvalue weighted by atomic mass is 15.2. The van der Waals surface area contributed by atoms with Crippen LogP contribution < -0.4 is 31.1 Å². The van der Waals surface area contributed by atoms with Crippen LogP contribution in [0.15, 0.2) is 376 Å². The number of nitrogens with zero attached hydrogens (tertiary/aromatic N) is 5. The Labute approximate surface area is 718 Å². The van der Waals surface area contributed by atoms with Crippen molar-refractivity contribution < 1.29 is 28.8 Å². The summed E-state index contributed by atoms with van der Waals surface area (Å²) in [5, 5.41) is -0.255. The fourth-order valence-electron chi connectivity index (χ4n) is 17.4. The Morgan fingerprint density at radius 3 is 1.16 bits per heavy atom. The zero-order valence-electron chi connectivity index (χ0n) is 86.9. The van der Waals surface area contributed by atoms with Crippen molar-refractivity contribution in [2.75, 3.05) is 27.8 Å². The molecule has 0 amide bonds. The van der Waals surface area contributed by atoms with Crippen LogP contribution in [-0.4, -0.2) is 28.9 Å². The highest BCUT2D eigenvalue weighted by Crippen LogP contribution is 2.45. The fourth-order valence-corrected chi connectivity index (χ4v) is 17.4. The van der Waals surface area contributed by atoms with E-state index in [0.717, 1.165) is 111 Å². The Morgan fingerprint density at radius 2 is 0.701 bits per heavy atom. The molecule has 0 unspecified atom stereocenters. The van der Waals surface area contributed by atoms with Gasteiger partial charge in [0.1, 0.15) is 0 Å². The molecule has 18 aromatic rings. The molecule has 0 radical (unpaired) electrons. The van der Waals surface area contributed by atoms with E-state index in [2.05, 4.69) is 191 Å². The van der Waals surface area contributed by atoms with Crippen LogP contribution in [0.25, 0.3) is 105 Å². The molecule has 0 fully saturated rings. The number of para-hydroxylation sites is 5. The van der Waals surface area contributed by atoms with Gasteiger partial charge in [-0.15, -0.1) is 0 Å². The minimum Gasteiger partial charge on any atom is -0.363 e. The lowest BCUT2D eigenvalue weighted by atomic mass is 9.33. The predicted molar refractivity (Wildman–Crippen MR) is 499 cm³/mol. The predicted octanol–water partition coefficient (Wildman–Crippen LogP) is 26.0. The van der Waals surface area contributed by atoms with Gasteiger partial charge in [0.05, 0.1) is 39.8 Å². The minimum absolute atomic E-state index is 0.00989. The molecule has 6 heteroatoms. The van der Waals surface area contributed by atoms with E-state index >= 15 is 0 Å². The summed E-state index contributed by atoms with van der Waals surface area (Å²) in [6.07, 6.45) is 0.882. The number of aromatic nitrogens is 2. The van der Waals surface area contributed by atoms with E-state index in [-0.39, 0.29) is 86.3 Å². The Morgan fingerprint density at radius 1 is 0.308 bits per heavy atom. The first-order valence-electron chi connectivity index (χ1n) is 50.5. The molecule has 566 valence electrons. The molecule has 0 aliphatic carbocycles. The van der Waals surface area contributed by atoms with Gasteiger partial charge in [0.2, 0.25) is 0 Å². The lowest BCUT2D eigenvalue weighted by Gasteiger charge is -2.45. The van der Waals surface area contributed by atoms with Gasteiger partial charge in [0, 0.05) is 99.4 Å². The van der Waals surface area contributed by atoms with E-state index in [1.807, 2.05) is 97.1 Å². The number of hydrogen-bond acceptors (Lipinski definition) is 3. The smallest absolute Gasteiger partial charge is 0.252 e. The third kappa shape index (κ3) is 14.0. The van der Waals surface area contributed by atoms with E-state index in [4.69, 9.17) is 12.3 Å². The van der Waals surface area contributed by atoms with Crippen LogP contribution in [0.4, 0.5) is 28.4 Å². The standard InChI is InChI=1S/C111H94BN5/c1-110(2,3)91-68-90(69-92(71-91)111(4,5)6)85-52-54-99-105(70-85)114(58-56-78-60-86(81-30-12-7-13-31-81)66-87(61-78)82-32-14-8-15-33-82)107-64-80(74-113(93-38-20-11-21-39-93)73-76-48-50-77(51-49-76)75-116-101-44-26-22-40-95(101)96-41-23-27-45-102(96)116)65-108-109(107)112(99)100-55-53-94(117-103-46-28-24-42-97(103)98-43-25-29-47-104(98)117)72-106(100)115(108)59-57-79-62-88(83-34-16-9-17-35-83)67-89(63-79)84-36-18-10-19-37-84/h7-55,60-72H,56-59,73-75H2,1-6H3/i11D,20D,21D,22D,23D,24D,25D,26D,27D,28D,29D,38D,39D,40D,41D,42D,43D,44D,45D,46D,47D. The molecule has 0 saturated carbocycles. The lowest BCUT2D eigenvalue weighted by Crippen LogP contribution is -2.62. The van der Waals surface area contributed by atoms with Crippen molar-refractivity contribution in [1.82, 2.24) is 9.13 Å². The number of rotatable bonds is 19. The van der Waals surface area contributed by atoms with Gasteiger partial charge in [-0.05, 0) is 213 Å². The Hall–Kier alpha value is -13.4. The molecular formula is C111H94BN5. The van der Waals surface area contributed by atoms with Gasteiger partial charge in [-0.3, -0.25) is 0 Å². The Kier molecular flexibility index (Phi) is 13.6. The van der Waals surface area contributed by atoms with Crippen LogP contribution in [0.3, 0.4) is 0 Å². The van der Waals surface area contributed by atoms with Crippen LogP contribution >= 0.6 is 0 Å². The van der Waals surface area contributed by atoms with E-state index in [9.17, 15) is 16.4 Å². The van der Waals surface area contributed by atoms with E-state index in [0.29, 0.717) is 47.5 Å². The molecule has 2 aliphatic heterocycles. The normalized spacial score (nSPS) is 15.1. The summed E-state index contributed by atoms with van der Waals surface area (Å²) in [7, 11) is 0. The molecule has 2 aliphatic rings. The monoisotopic (exact) mass is 1530 g/mol. The largest absolute Gasteiger partial charge is 0.363 e. The summed E-state index contributed by atoms with van der Waals surface area (Å²) < 4.78 is 198. The van der Waals surface area contributed by atoms with Crippen molar-refractivity contribution in [2.45, 2.75) is 84.8 Å². The Bertz CT molecular complexity index is 7770. The molecule has 0 bridgehead atoms. The van der Waals surface area contributed by atoms with Crippen LogP contribution in [-0.2, 0) is 43.3 Å². The molecular weight excluding hydrogens is 1410 g/mol. The van der Waals surface area contributed by atoms with Crippen molar-refractivity contribution in [3.05, 3.63) is 415 Å². The van der Waals surface area contributed by atoms with Crippen LogP contribution in [0, 0.1) is 0 Å². The van der Waals surface area contributed by atoms with Crippen molar-refractivity contribution in [2.24, 2.45) is 0 Å². The number of fused-ring (bicyclic) bond motifs is 10. The zero-order valence-corrected chi connectivity index (χ0v) is 65.9. The van der Waals surface area contributed by atoms with E-state index in [1.165, 1.54) is 4.57 Å². The van der Waals surface area contributed by atoms with Crippen LogP contribution in [0.1, 0.15) is 109 Å². The first-order valence-corrected chi connectivity index (χ1v) is 40.0. The van der Waals surface area contributed by atoms with Gasteiger partial charge in [-0.1, -0.05) is 338 Å². The number of benzene rings is 16. The number of anilines is 5. The highest BCUT2D eigenvalue weighted by molar-refractivity contribution is 7.00. The van der Waals surface area contributed by atoms with Crippen molar-refractivity contribution >= 4 is 95.1 Å². The average molecular weight is 1530 g/mol. The van der Waals surface area contributed by atoms with Gasteiger partial charge in [0.25, 0.3) is 6.71 Å². The van der Waals surface area contributed by atoms with Gasteiger partial charge in [-0.2, -0.15) is 0 Å².